The third-order valence-corrected chi connectivity index (χ3v) is 6.09. The van der Waals surface area contributed by atoms with Crippen LogP contribution >= 0.6 is 34.8 Å². The summed E-state index contributed by atoms with van der Waals surface area (Å²) >= 11 is 18.7. The van der Waals surface area contributed by atoms with Crippen molar-refractivity contribution in [3.05, 3.63) is 64.7 Å². The second kappa shape index (κ2) is 8.69. The molecule has 0 bridgehead atoms. The third kappa shape index (κ3) is 5.23. The molecule has 2 atom stereocenters. The number of hydrogen-bond acceptors (Lipinski definition) is 2. The lowest BCUT2D eigenvalue weighted by molar-refractivity contribution is -0.117. The van der Waals surface area contributed by atoms with Gasteiger partial charge in [0.25, 0.3) is 5.91 Å². The van der Waals surface area contributed by atoms with Crippen molar-refractivity contribution in [1.82, 2.24) is 5.32 Å². The van der Waals surface area contributed by atoms with Gasteiger partial charge in [0.1, 0.15) is 4.33 Å². The molecule has 1 aliphatic rings. The highest BCUT2D eigenvalue weighted by molar-refractivity contribution is 6.53. The number of hydrogen-bond donors (Lipinski definition) is 2. The van der Waals surface area contributed by atoms with E-state index in [1.807, 2.05) is 30.3 Å². The molecule has 0 aliphatic heterocycles. The smallest absolute Gasteiger partial charge is 0.252 e. The lowest BCUT2D eigenvalue weighted by atomic mass is 10.1. The van der Waals surface area contributed by atoms with Gasteiger partial charge in [0, 0.05) is 24.6 Å². The summed E-state index contributed by atoms with van der Waals surface area (Å²) in [7, 11) is 0. The Kier molecular flexibility index (Phi) is 6.60. The molecule has 0 saturated heterocycles. The van der Waals surface area contributed by atoms with Crippen LogP contribution in [0.25, 0.3) is 0 Å². The minimum Gasteiger partial charge on any atom is -0.352 e. The highest BCUT2D eigenvalue weighted by atomic mass is 35.5. The summed E-state index contributed by atoms with van der Waals surface area (Å²) in [6, 6.07) is 13.6. The molecule has 2 N–H and O–H groups in total. The predicted octanol–water partition coefficient (Wildman–Crippen LogP) is 5.64. The average molecular weight is 476 g/mol. The van der Waals surface area contributed by atoms with E-state index >= 15 is 0 Å². The highest BCUT2D eigenvalue weighted by Gasteiger charge is 2.67. The summed E-state index contributed by atoms with van der Waals surface area (Å²) in [6.45, 7) is 0.563. The molecule has 9 heteroatoms. The largest absolute Gasteiger partial charge is 0.352 e. The average Bonchev–Trinajstić information content (AvgIpc) is 3.25. The first-order valence-electron chi connectivity index (χ1n) is 9.20. The van der Waals surface area contributed by atoms with Crippen molar-refractivity contribution in [2.75, 3.05) is 11.9 Å². The molecule has 1 saturated carbocycles. The molecule has 2 amide bonds. The first-order valence-corrected chi connectivity index (χ1v) is 10.3. The molecular weight excluding hydrogens is 457 g/mol. The van der Waals surface area contributed by atoms with Gasteiger partial charge in [-0.2, -0.15) is 0 Å². The Morgan fingerprint density at radius 3 is 2.43 bits per heavy atom. The fourth-order valence-electron chi connectivity index (χ4n) is 3.22. The standard InChI is InChI=1S/C21H19Cl3F2N2O2/c1-20(25,26)9-10-27-18(29)14-11-13(7-8-15(14)22)28-19(30)17-16(21(17,23)24)12-5-3-2-4-6-12/h2-8,11,16-17H,9-10H2,1H3,(H,27,29)(H,28,30)/t16-,17+/m0/s1. The Morgan fingerprint density at radius 2 is 1.80 bits per heavy atom. The molecule has 2 aromatic carbocycles. The van der Waals surface area contributed by atoms with E-state index in [4.69, 9.17) is 34.8 Å². The van der Waals surface area contributed by atoms with Gasteiger partial charge >= 0.3 is 0 Å². The minimum atomic E-state index is -2.89. The molecule has 0 unspecified atom stereocenters. The van der Waals surface area contributed by atoms with Crippen molar-refractivity contribution in [3.63, 3.8) is 0 Å². The summed E-state index contributed by atoms with van der Waals surface area (Å²) in [5.41, 5.74) is 1.23. The summed E-state index contributed by atoms with van der Waals surface area (Å²) in [4.78, 5) is 25.0. The van der Waals surface area contributed by atoms with Crippen LogP contribution in [0.2, 0.25) is 5.02 Å². The van der Waals surface area contributed by atoms with E-state index < -0.39 is 34.4 Å². The van der Waals surface area contributed by atoms with Gasteiger partial charge in [-0.3, -0.25) is 9.59 Å². The van der Waals surface area contributed by atoms with Gasteiger partial charge in [-0.05, 0) is 30.7 Å². The first-order chi connectivity index (χ1) is 14.0. The summed E-state index contributed by atoms with van der Waals surface area (Å²) in [5.74, 6) is -4.91. The van der Waals surface area contributed by atoms with E-state index in [0.717, 1.165) is 12.5 Å². The van der Waals surface area contributed by atoms with Crippen LogP contribution in [0.5, 0.6) is 0 Å². The molecule has 0 heterocycles. The maximum absolute atomic E-state index is 12.9. The molecule has 1 fully saturated rings. The Hall–Kier alpha value is -1.89. The normalized spacial score (nSPS) is 19.8. The number of halogens is 5. The van der Waals surface area contributed by atoms with Crippen LogP contribution in [0.15, 0.2) is 48.5 Å². The molecular formula is C21H19Cl3F2N2O2. The van der Waals surface area contributed by atoms with Gasteiger partial charge in [-0.1, -0.05) is 41.9 Å². The Balaban J connectivity index is 1.68. The fraction of sp³-hybridized carbons (Fsp3) is 0.333. The number of anilines is 1. The highest BCUT2D eigenvalue weighted by Crippen LogP contribution is 2.65. The Labute approximate surface area is 187 Å². The number of rotatable bonds is 7. The van der Waals surface area contributed by atoms with Gasteiger partial charge < -0.3 is 10.6 Å². The Bertz CT molecular complexity index is 949. The summed E-state index contributed by atoms with van der Waals surface area (Å²) in [6.07, 6.45) is -0.497. The van der Waals surface area contributed by atoms with Crippen LogP contribution in [-0.4, -0.2) is 28.6 Å². The van der Waals surface area contributed by atoms with E-state index in [0.29, 0.717) is 5.69 Å². The lowest BCUT2D eigenvalue weighted by Gasteiger charge is -2.12. The van der Waals surface area contributed by atoms with Gasteiger partial charge in [-0.15, -0.1) is 23.2 Å². The van der Waals surface area contributed by atoms with E-state index in [1.54, 1.807) is 0 Å². The molecule has 0 aromatic heterocycles. The number of nitrogens with one attached hydrogen (secondary N) is 2. The topological polar surface area (TPSA) is 58.2 Å². The van der Waals surface area contributed by atoms with Crippen LogP contribution in [0.4, 0.5) is 14.5 Å². The SMILES string of the molecule is CC(F)(F)CCNC(=O)c1cc(NC(=O)[C@H]2[C@H](c3ccccc3)C2(Cl)Cl)ccc1Cl. The van der Waals surface area contributed by atoms with Crippen LogP contribution in [0, 0.1) is 5.92 Å². The second-order valence-electron chi connectivity index (χ2n) is 7.30. The second-order valence-corrected chi connectivity index (χ2v) is 9.15. The number of amides is 2. The minimum absolute atomic E-state index is 0.0623. The van der Waals surface area contributed by atoms with Gasteiger partial charge in [-0.25, -0.2) is 8.78 Å². The molecule has 160 valence electrons. The zero-order valence-corrected chi connectivity index (χ0v) is 18.2. The molecule has 3 rings (SSSR count). The Morgan fingerprint density at radius 1 is 1.13 bits per heavy atom. The lowest BCUT2D eigenvalue weighted by Crippen LogP contribution is -2.28. The van der Waals surface area contributed by atoms with Gasteiger partial charge in [0.05, 0.1) is 16.5 Å². The molecule has 4 nitrogen and oxygen atoms in total. The van der Waals surface area contributed by atoms with Crippen LogP contribution in [0.1, 0.15) is 35.2 Å². The number of carbonyl (C=O) groups is 2. The molecule has 2 aromatic rings. The molecule has 30 heavy (non-hydrogen) atoms. The zero-order valence-electron chi connectivity index (χ0n) is 15.9. The summed E-state index contributed by atoms with van der Waals surface area (Å²) in [5, 5.41) is 5.22. The van der Waals surface area contributed by atoms with Crippen LogP contribution < -0.4 is 10.6 Å². The van der Waals surface area contributed by atoms with Crippen LogP contribution in [0.3, 0.4) is 0 Å². The predicted molar refractivity (Wildman–Crippen MR) is 115 cm³/mol. The van der Waals surface area contributed by atoms with Crippen molar-refractivity contribution in [1.29, 1.82) is 0 Å². The monoisotopic (exact) mass is 474 g/mol. The van der Waals surface area contributed by atoms with Crippen molar-refractivity contribution >= 4 is 52.3 Å². The molecule has 0 radical (unpaired) electrons. The van der Waals surface area contributed by atoms with Crippen LogP contribution in [-0.2, 0) is 4.79 Å². The third-order valence-electron chi connectivity index (χ3n) is 4.82. The number of alkyl halides is 4. The quantitative estimate of drug-likeness (QED) is 0.509. The molecule has 1 aliphatic carbocycles. The maximum atomic E-state index is 12.9. The van der Waals surface area contributed by atoms with E-state index in [1.165, 1.54) is 18.2 Å². The molecule has 0 spiro atoms. The number of benzene rings is 2. The number of carbonyl (C=O) groups excluding carboxylic acids is 2. The maximum Gasteiger partial charge on any atom is 0.252 e. The van der Waals surface area contributed by atoms with E-state index in [-0.39, 0.29) is 23.0 Å². The van der Waals surface area contributed by atoms with E-state index in [2.05, 4.69) is 10.6 Å². The summed E-state index contributed by atoms with van der Waals surface area (Å²) < 4.78 is 24.6. The first kappa shape index (κ1) is 22.8. The van der Waals surface area contributed by atoms with Gasteiger partial charge in [0.15, 0.2) is 0 Å². The van der Waals surface area contributed by atoms with E-state index in [9.17, 15) is 18.4 Å². The van der Waals surface area contributed by atoms with Crippen molar-refractivity contribution < 1.29 is 18.4 Å². The van der Waals surface area contributed by atoms with Crippen molar-refractivity contribution in [3.8, 4) is 0 Å². The van der Waals surface area contributed by atoms with Gasteiger partial charge in [0.2, 0.25) is 11.8 Å². The van der Waals surface area contributed by atoms with Crippen molar-refractivity contribution in [2.24, 2.45) is 5.92 Å². The van der Waals surface area contributed by atoms with Crippen molar-refractivity contribution in [2.45, 2.75) is 29.5 Å². The fourth-order valence-corrected chi connectivity index (χ4v) is 4.25. The zero-order chi connectivity index (χ0) is 22.1.